The highest BCUT2D eigenvalue weighted by molar-refractivity contribution is 9.11. The van der Waals surface area contributed by atoms with E-state index in [1.54, 1.807) is 0 Å². The van der Waals surface area contributed by atoms with Gasteiger partial charge >= 0.3 is 6.18 Å². The molecule has 0 saturated heterocycles. The van der Waals surface area contributed by atoms with Crippen LogP contribution in [0.3, 0.4) is 0 Å². The fraction of sp³-hybridized carbons (Fsp3) is 0.0909. The maximum Gasteiger partial charge on any atom is 0.416 e. The second-order valence-electron chi connectivity index (χ2n) is 3.89. The maximum absolute atomic E-state index is 12.7. The number of sulfonamides is 1. The summed E-state index contributed by atoms with van der Waals surface area (Å²) in [6.45, 7) is 0. The molecule has 0 radical (unpaired) electrons. The van der Waals surface area contributed by atoms with Crippen molar-refractivity contribution in [1.82, 2.24) is 0 Å². The van der Waals surface area contributed by atoms with Crippen LogP contribution in [0.1, 0.15) is 5.56 Å². The Morgan fingerprint density at radius 2 is 1.86 bits per heavy atom. The topological polar surface area (TPSA) is 46.2 Å². The zero-order valence-corrected chi connectivity index (χ0v) is 13.9. The third-order valence-corrected chi connectivity index (χ3v) is 6.01. The van der Waals surface area contributed by atoms with Crippen LogP contribution in [-0.2, 0) is 16.2 Å². The van der Waals surface area contributed by atoms with Gasteiger partial charge in [0.05, 0.1) is 15.0 Å². The van der Waals surface area contributed by atoms with Crippen LogP contribution in [0.5, 0.6) is 0 Å². The monoisotopic (exact) mass is 419 g/mol. The highest BCUT2D eigenvalue weighted by Crippen LogP contribution is 2.34. The standard InChI is InChI=1S/C11H6BrClF3NO2S2/c12-9-1-2-10(20-9)21(18,19)17-8-4-6(11(14,15)16)3-7(13)5-8/h1-5,17H. The first-order chi connectivity index (χ1) is 9.58. The summed E-state index contributed by atoms with van der Waals surface area (Å²) < 4.78 is 64.7. The van der Waals surface area contributed by atoms with Gasteiger partial charge in [-0.2, -0.15) is 13.2 Å². The van der Waals surface area contributed by atoms with Crippen LogP contribution in [0.4, 0.5) is 18.9 Å². The van der Waals surface area contributed by atoms with Gasteiger partial charge in [-0.3, -0.25) is 4.72 Å². The van der Waals surface area contributed by atoms with E-state index in [9.17, 15) is 21.6 Å². The summed E-state index contributed by atoms with van der Waals surface area (Å²) in [5.74, 6) is 0. The molecule has 3 nitrogen and oxygen atoms in total. The molecule has 1 N–H and O–H groups in total. The van der Waals surface area contributed by atoms with Gasteiger partial charge in [-0.25, -0.2) is 8.42 Å². The first-order valence-corrected chi connectivity index (χ1v) is 8.71. The lowest BCUT2D eigenvalue weighted by Crippen LogP contribution is -2.13. The molecule has 0 atom stereocenters. The molecule has 0 spiro atoms. The quantitative estimate of drug-likeness (QED) is 0.761. The molecule has 114 valence electrons. The molecule has 0 saturated carbocycles. The Hall–Kier alpha value is -0.770. The lowest BCUT2D eigenvalue weighted by Gasteiger charge is -2.11. The highest BCUT2D eigenvalue weighted by Gasteiger charge is 2.31. The van der Waals surface area contributed by atoms with Crippen LogP contribution in [0.2, 0.25) is 5.02 Å². The number of hydrogen-bond acceptors (Lipinski definition) is 3. The van der Waals surface area contributed by atoms with E-state index in [2.05, 4.69) is 20.7 Å². The van der Waals surface area contributed by atoms with Crippen LogP contribution >= 0.6 is 38.9 Å². The van der Waals surface area contributed by atoms with Gasteiger partial charge in [0, 0.05) is 5.02 Å². The first-order valence-electron chi connectivity index (χ1n) is 5.24. The lowest BCUT2D eigenvalue weighted by atomic mass is 10.2. The summed E-state index contributed by atoms with van der Waals surface area (Å²) >= 11 is 9.65. The van der Waals surface area contributed by atoms with Gasteiger partial charge in [0.2, 0.25) is 0 Å². The van der Waals surface area contributed by atoms with E-state index in [0.29, 0.717) is 9.85 Å². The summed E-state index contributed by atoms with van der Waals surface area (Å²) in [4.78, 5) is 0. The molecule has 21 heavy (non-hydrogen) atoms. The van der Waals surface area contributed by atoms with Crippen molar-refractivity contribution in [2.75, 3.05) is 4.72 Å². The van der Waals surface area contributed by atoms with Crippen molar-refractivity contribution in [1.29, 1.82) is 0 Å². The molecule has 0 bridgehead atoms. The fourth-order valence-electron chi connectivity index (χ4n) is 1.46. The number of thiophene rings is 1. The highest BCUT2D eigenvalue weighted by atomic mass is 79.9. The third-order valence-electron chi connectivity index (χ3n) is 2.29. The van der Waals surface area contributed by atoms with Crippen LogP contribution in [0.25, 0.3) is 0 Å². The number of rotatable bonds is 3. The van der Waals surface area contributed by atoms with Crippen LogP contribution in [0.15, 0.2) is 38.3 Å². The predicted octanol–water partition coefficient (Wildman–Crippen LogP) is 4.98. The van der Waals surface area contributed by atoms with E-state index >= 15 is 0 Å². The van der Waals surface area contributed by atoms with Gasteiger partial charge in [0.1, 0.15) is 4.21 Å². The SMILES string of the molecule is O=S(=O)(Nc1cc(Cl)cc(C(F)(F)F)c1)c1ccc(Br)s1. The van der Waals surface area contributed by atoms with Crippen molar-refractivity contribution in [3.8, 4) is 0 Å². The smallest absolute Gasteiger partial charge is 0.279 e. The molecule has 0 fully saturated rings. The summed E-state index contributed by atoms with van der Waals surface area (Å²) in [5, 5.41) is -0.213. The van der Waals surface area contributed by atoms with E-state index in [1.807, 2.05) is 0 Å². The number of nitrogens with one attached hydrogen (secondary N) is 1. The molecule has 0 amide bonds. The predicted molar refractivity (Wildman–Crippen MR) is 79.3 cm³/mol. The van der Waals surface area contributed by atoms with E-state index in [0.717, 1.165) is 23.5 Å². The molecule has 2 rings (SSSR count). The van der Waals surface area contributed by atoms with Gasteiger partial charge in [-0.15, -0.1) is 11.3 Å². The Balaban J connectivity index is 2.38. The van der Waals surface area contributed by atoms with Crippen molar-refractivity contribution in [3.63, 3.8) is 0 Å². The van der Waals surface area contributed by atoms with Crippen LogP contribution in [0, 0.1) is 0 Å². The number of hydrogen-bond donors (Lipinski definition) is 1. The zero-order valence-electron chi connectivity index (χ0n) is 9.91. The second kappa shape index (κ2) is 5.79. The number of halogens is 5. The Kier molecular flexibility index (Phi) is 4.57. The van der Waals surface area contributed by atoms with Gasteiger partial charge in [0.15, 0.2) is 0 Å². The van der Waals surface area contributed by atoms with Gasteiger partial charge in [-0.1, -0.05) is 11.6 Å². The second-order valence-corrected chi connectivity index (χ2v) is 8.70. The van der Waals surface area contributed by atoms with Crippen molar-refractivity contribution in [2.45, 2.75) is 10.4 Å². The van der Waals surface area contributed by atoms with Crippen molar-refractivity contribution in [3.05, 3.63) is 44.7 Å². The minimum atomic E-state index is -4.61. The van der Waals surface area contributed by atoms with E-state index in [-0.39, 0.29) is 14.9 Å². The van der Waals surface area contributed by atoms with E-state index in [4.69, 9.17) is 11.6 Å². The maximum atomic E-state index is 12.7. The zero-order chi connectivity index (χ0) is 15.8. The van der Waals surface area contributed by atoms with Gasteiger partial charge < -0.3 is 0 Å². The molecule has 1 aromatic carbocycles. The number of anilines is 1. The summed E-state index contributed by atoms with van der Waals surface area (Å²) in [7, 11) is -3.96. The molecule has 0 aliphatic heterocycles. The van der Waals surface area contributed by atoms with Crippen LogP contribution < -0.4 is 4.72 Å². The molecular weight excluding hydrogens is 415 g/mol. The van der Waals surface area contributed by atoms with Crippen LogP contribution in [-0.4, -0.2) is 8.42 Å². The summed E-state index contributed by atoms with van der Waals surface area (Å²) in [5.41, 5.74) is -1.28. The van der Waals surface area contributed by atoms with Gasteiger partial charge in [0.25, 0.3) is 10.0 Å². The summed E-state index contributed by atoms with van der Waals surface area (Å²) in [6.07, 6.45) is -4.61. The third kappa shape index (κ3) is 4.12. The Morgan fingerprint density at radius 3 is 2.38 bits per heavy atom. The summed E-state index contributed by atoms with van der Waals surface area (Å²) in [6, 6.07) is 5.38. The molecule has 2 aromatic rings. The first kappa shape index (κ1) is 16.6. The molecule has 1 aromatic heterocycles. The van der Waals surface area contributed by atoms with Crippen molar-refractivity contribution in [2.24, 2.45) is 0 Å². The van der Waals surface area contributed by atoms with Gasteiger partial charge in [-0.05, 0) is 46.3 Å². The Morgan fingerprint density at radius 1 is 1.19 bits per heavy atom. The molecule has 0 aliphatic carbocycles. The minimum absolute atomic E-state index is 0.0251. The lowest BCUT2D eigenvalue weighted by molar-refractivity contribution is -0.137. The Bertz CT molecular complexity index is 774. The molecular formula is C11H6BrClF3NO2S2. The Labute approximate surface area is 135 Å². The fourth-order valence-corrected chi connectivity index (χ4v) is 4.75. The molecule has 0 unspecified atom stereocenters. The number of alkyl halides is 3. The van der Waals surface area contributed by atoms with Crippen molar-refractivity contribution >= 4 is 54.6 Å². The molecule has 1 heterocycles. The minimum Gasteiger partial charge on any atom is -0.279 e. The number of benzene rings is 1. The largest absolute Gasteiger partial charge is 0.416 e. The normalized spacial score (nSPS) is 12.4. The van der Waals surface area contributed by atoms with E-state index in [1.165, 1.54) is 12.1 Å². The molecule has 10 heteroatoms. The average Bonchev–Trinajstić information content (AvgIpc) is 2.74. The molecule has 0 aliphatic rings. The average molecular weight is 421 g/mol. The van der Waals surface area contributed by atoms with E-state index < -0.39 is 21.8 Å². The van der Waals surface area contributed by atoms with Crippen molar-refractivity contribution < 1.29 is 21.6 Å².